The summed E-state index contributed by atoms with van der Waals surface area (Å²) in [6.07, 6.45) is 1.67. The van der Waals surface area contributed by atoms with Gasteiger partial charge in [-0.1, -0.05) is 18.2 Å². The van der Waals surface area contributed by atoms with Crippen LogP contribution in [0.5, 0.6) is 0 Å². The summed E-state index contributed by atoms with van der Waals surface area (Å²) in [4.78, 5) is 15.4. The Labute approximate surface area is 107 Å². The number of benzene rings is 1. The van der Waals surface area contributed by atoms with Gasteiger partial charge >= 0.3 is 5.97 Å². The van der Waals surface area contributed by atoms with Crippen LogP contribution in [0.25, 0.3) is 10.9 Å². The normalized spacial score (nSPS) is 10.9. The molecular formula is C13H10N2O2S. The van der Waals surface area contributed by atoms with E-state index in [0.717, 1.165) is 16.6 Å². The Morgan fingerprint density at radius 3 is 2.94 bits per heavy atom. The minimum absolute atomic E-state index is 0.334. The highest BCUT2D eigenvalue weighted by Gasteiger charge is 2.13. The number of nitrogens with zero attached hydrogens (tertiary/aromatic N) is 2. The number of aromatic carboxylic acids is 1. The number of para-hydroxylation sites is 1. The van der Waals surface area contributed by atoms with Crippen LogP contribution in [0.2, 0.25) is 0 Å². The summed E-state index contributed by atoms with van der Waals surface area (Å²) in [5.74, 6) is -0.900. The fourth-order valence-corrected chi connectivity index (χ4v) is 2.59. The average molecular weight is 258 g/mol. The third-order valence-corrected chi connectivity index (χ3v) is 3.47. The van der Waals surface area contributed by atoms with Crippen molar-refractivity contribution in [2.75, 3.05) is 0 Å². The number of carboxylic acids is 1. The molecule has 0 fully saturated rings. The van der Waals surface area contributed by atoms with E-state index in [-0.39, 0.29) is 0 Å². The standard InChI is InChI=1S/C13H10N2O2S/c16-13(17)11-6-15(5-9-7-18-8-14-9)12-4-2-1-3-10(11)12/h1-4,6-8H,5H2,(H,16,17). The van der Waals surface area contributed by atoms with Gasteiger partial charge in [0.1, 0.15) is 0 Å². The van der Waals surface area contributed by atoms with Crippen LogP contribution in [0.1, 0.15) is 16.1 Å². The van der Waals surface area contributed by atoms with Gasteiger partial charge in [0.05, 0.1) is 23.3 Å². The number of thiazole rings is 1. The number of hydrogen-bond acceptors (Lipinski definition) is 3. The maximum absolute atomic E-state index is 11.2. The number of fused-ring (bicyclic) bond motifs is 1. The highest BCUT2D eigenvalue weighted by molar-refractivity contribution is 7.07. The van der Waals surface area contributed by atoms with Crippen molar-refractivity contribution in [3.05, 3.63) is 52.6 Å². The summed E-state index contributed by atoms with van der Waals surface area (Å²) in [6.45, 7) is 0.595. The zero-order valence-corrected chi connectivity index (χ0v) is 10.2. The Bertz CT molecular complexity index is 701. The Balaban J connectivity index is 2.14. The van der Waals surface area contributed by atoms with Crippen LogP contribution in [0.4, 0.5) is 0 Å². The Morgan fingerprint density at radius 2 is 2.22 bits per heavy atom. The first-order valence-corrected chi connectivity index (χ1v) is 6.38. The van der Waals surface area contributed by atoms with E-state index >= 15 is 0 Å². The third-order valence-electron chi connectivity index (χ3n) is 2.83. The van der Waals surface area contributed by atoms with Crippen LogP contribution < -0.4 is 0 Å². The Hall–Kier alpha value is -2.14. The third kappa shape index (κ3) is 1.78. The predicted molar refractivity (Wildman–Crippen MR) is 70.1 cm³/mol. The molecule has 0 aliphatic rings. The molecule has 0 saturated heterocycles. The van der Waals surface area contributed by atoms with Crippen molar-refractivity contribution >= 4 is 28.2 Å². The monoisotopic (exact) mass is 258 g/mol. The first-order chi connectivity index (χ1) is 8.75. The topological polar surface area (TPSA) is 55.1 Å². The second-order valence-corrected chi connectivity index (χ2v) is 4.69. The zero-order valence-electron chi connectivity index (χ0n) is 9.41. The van der Waals surface area contributed by atoms with Gasteiger partial charge in [-0.05, 0) is 6.07 Å². The first kappa shape index (κ1) is 11.0. The van der Waals surface area contributed by atoms with Crippen molar-refractivity contribution in [3.8, 4) is 0 Å². The molecule has 4 nitrogen and oxygen atoms in total. The van der Waals surface area contributed by atoms with E-state index in [4.69, 9.17) is 0 Å². The molecule has 90 valence electrons. The smallest absolute Gasteiger partial charge is 0.337 e. The van der Waals surface area contributed by atoms with Crippen molar-refractivity contribution in [1.29, 1.82) is 0 Å². The summed E-state index contributed by atoms with van der Waals surface area (Å²) in [5, 5.41) is 11.9. The number of carboxylic acid groups (broad SMARTS) is 1. The van der Waals surface area contributed by atoms with Crippen LogP contribution in [0.15, 0.2) is 41.4 Å². The molecule has 0 unspecified atom stereocenters. The number of aromatic nitrogens is 2. The van der Waals surface area contributed by atoms with E-state index in [2.05, 4.69) is 4.98 Å². The van der Waals surface area contributed by atoms with Crippen LogP contribution in [0.3, 0.4) is 0 Å². The van der Waals surface area contributed by atoms with E-state index in [1.54, 1.807) is 11.7 Å². The van der Waals surface area contributed by atoms with Gasteiger partial charge in [0.15, 0.2) is 0 Å². The van der Waals surface area contributed by atoms with E-state index in [1.165, 1.54) is 11.3 Å². The fraction of sp³-hybridized carbons (Fsp3) is 0.0769. The lowest BCUT2D eigenvalue weighted by atomic mass is 10.2. The van der Waals surface area contributed by atoms with Crippen LogP contribution >= 0.6 is 11.3 Å². The summed E-state index contributed by atoms with van der Waals surface area (Å²) in [5.41, 5.74) is 3.97. The summed E-state index contributed by atoms with van der Waals surface area (Å²) in [7, 11) is 0. The van der Waals surface area contributed by atoms with Crippen molar-refractivity contribution in [2.24, 2.45) is 0 Å². The lowest BCUT2D eigenvalue weighted by Crippen LogP contribution is -1.98. The fourth-order valence-electron chi connectivity index (χ4n) is 2.04. The molecule has 0 saturated carbocycles. The second kappa shape index (κ2) is 4.27. The van der Waals surface area contributed by atoms with Crippen LogP contribution in [0, 0.1) is 0 Å². The molecule has 0 radical (unpaired) electrons. The zero-order chi connectivity index (χ0) is 12.5. The molecule has 3 aromatic rings. The average Bonchev–Trinajstić information content (AvgIpc) is 2.98. The molecule has 3 rings (SSSR count). The van der Waals surface area contributed by atoms with E-state index in [1.807, 2.05) is 34.2 Å². The summed E-state index contributed by atoms with van der Waals surface area (Å²) < 4.78 is 1.92. The molecule has 0 amide bonds. The lowest BCUT2D eigenvalue weighted by Gasteiger charge is -2.01. The molecule has 2 heterocycles. The van der Waals surface area contributed by atoms with Gasteiger partial charge < -0.3 is 9.67 Å². The molecule has 0 bridgehead atoms. The lowest BCUT2D eigenvalue weighted by molar-refractivity contribution is 0.0699. The van der Waals surface area contributed by atoms with Crippen molar-refractivity contribution in [1.82, 2.24) is 9.55 Å². The Morgan fingerprint density at radius 1 is 1.39 bits per heavy atom. The minimum Gasteiger partial charge on any atom is -0.478 e. The van der Waals surface area contributed by atoms with Gasteiger partial charge in [-0.2, -0.15) is 0 Å². The molecule has 0 atom stereocenters. The molecule has 0 spiro atoms. The Kier molecular flexibility index (Phi) is 2.60. The highest BCUT2D eigenvalue weighted by Crippen LogP contribution is 2.22. The molecule has 18 heavy (non-hydrogen) atoms. The van der Waals surface area contributed by atoms with Gasteiger partial charge in [0.25, 0.3) is 0 Å². The van der Waals surface area contributed by atoms with E-state index in [0.29, 0.717) is 12.1 Å². The maximum atomic E-state index is 11.2. The number of rotatable bonds is 3. The van der Waals surface area contributed by atoms with Gasteiger partial charge in [-0.15, -0.1) is 11.3 Å². The van der Waals surface area contributed by atoms with Gasteiger partial charge in [-0.3, -0.25) is 0 Å². The SMILES string of the molecule is O=C(O)c1cn(Cc2cscn2)c2ccccc12. The first-order valence-electron chi connectivity index (χ1n) is 5.44. The van der Waals surface area contributed by atoms with Crippen molar-refractivity contribution in [3.63, 3.8) is 0 Å². The maximum Gasteiger partial charge on any atom is 0.337 e. The number of carbonyl (C=O) groups is 1. The highest BCUT2D eigenvalue weighted by atomic mass is 32.1. The van der Waals surface area contributed by atoms with Crippen LogP contribution in [-0.2, 0) is 6.54 Å². The van der Waals surface area contributed by atoms with Crippen molar-refractivity contribution in [2.45, 2.75) is 6.54 Å². The molecule has 5 heteroatoms. The predicted octanol–water partition coefficient (Wildman–Crippen LogP) is 2.84. The van der Waals surface area contributed by atoms with Gasteiger partial charge in [-0.25, -0.2) is 9.78 Å². The van der Waals surface area contributed by atoms with Crippen molar-refractivity contribution < 1.29 is 9.90 Å². The summed E-state index contributed by atoms with van der Waals surface area (Å²) >= 11 is 1.54. The quantitative estimate of drug-likeness (QED) is 0.786. The number of hydrogen-bond donors (Lipinski definition) is 1. The minimum atomic E-state index is -0.900. The molecule has 2 aromatic heterocycles. The molecule has 1 N–H and O–H groups in total. The van der Waals surface area contributed by atoms with E-state index < -0.39 is 5.97 Å². The van der Waals surface area contributed by atoms with E-state index in [9.17, 15) is 9.90 Å². The molecule has 1 aromatic carbocycles. The largest absolute Gasteiger partial charge is 0.478 e. The molecule has 0 aliphatic heterocycles. The summed E-state index contributed by atoms with van der Waals surface area (Å²) in [6, 6.07) is 7.51. The van der Waals surface area contributed by atoms with Gasteiger partial charge in [0.2, 0.25) is 0 Å². The molecule has 0 aliphatic carbocycles. The van der Waals surface area contributed by atoms with Crippen LogP contribution in [-0.4, -0.2) is 20.6 Å². The molecular weight excluding hydrogens is 248 g/mol. The van der Waals surface area contributed by atoms with Gasteiger partial charge in [0, 0.05) is 22.5 Å². The second-order valence-electron chi connectivity index (χ2n) is 3.97.